The van der Waals surface area contributed by atoms with Crippen molar-refractivity contribution >= 4 is 39.6 Å². The van der Waals surface area contributed by atoms with Gasteiger partial charge in [-0.25, -0.2) is 9.59 Å². The molecule has 2 N–H and O–H groups in total. The maximum atomic E-state index is 12.2. The number of anilines is 1. The van der Waals surface area contributed by atoms with E-state index in [0.29, 0.717) is 4.47 Å². The Hall–Kier alpha value is -2.09. The molecule has 0 fully saturated rings. The lowest BCUT2D eigenvalue weighted by atomic mass is 10.1. The number of esters is 1. The van der Waals surface area contributed by atoms with E-state index in [4.69, 9.17) is 9.47 Å². The third-order valence-electron chi connectivity index (χ3n) is 2.77. The normalized spacial score (nSPS) is 12.1. The van der Waals surface area contributed by atoms with Gasteiger partial charge in [0.15, 0.2) is 0 Å². The molecule has 1 atom stereocenters. The van der Waals surface area contributed by atoms with Crippen LogP contribution >= 0.6 is 15.9 Å². The molecule has 1 aromatic carbocycles. The van der Waals surface area contributed by atoms with E-state index in [1.165, 1.54) is 20.1 Å². The minimum absolute atomic E-state index is 0.199. The molecule has 1 aromatic rings. The van der Waals surface area contributed by atoms with Crippen molar-refractivity contribution in [2.24, 2.45) is 0 Å². The van der Waals surface area contributed by atoms with E-state index < -0.39 is 29.6 Å². The zero-order chi connectivity index (χ0) is 18.5. The van der Waals surface area contributed by atoms with Gasteiger partial charge in [-0.1, -0.05) is 15.9 Å². The Morgan fingerprint density at radius 3 is 2.38 bits per heavy atom. The summed E-state index contributed by atoms with van der Waals surface area (Å²) in [7, 11) is 1.25. The molecule has 0 saturated carbocycles. The number of hydrogen-bond donors (Lipinski definition) is 2. The molecule has 1 rings (SSSR count). The summed E-state index contributed by atoms with van der Waals surface area (Å²) in [6, 6.07) is 3.92. The van der Waals surface area contributed by atoms with Gasteiger partial charge in [-0.15, -0.1) is 0 Å². The zero-order valence-corrected chi connectivity index (χ0v) is 15.8. The number of nitrogens with one attached hydrogen (secondary N) is 2. The number of alkyl carbamates (subject to hydrolysis) is 1. The van der Waals surface area contributed by atoms with E-state index in [0.717, 1.165) is 0 Å². The molecule has 2 amide bonds. The Morgan fingerprint density at radius 2 is 1.83 bits per heavy atom. The van der Waals surface area contributed by atoms with Gasteiger partial charge in [0.2, 0.25) is 5.91 Å². The Labute approximate surface area is 149 Å². The summed E-state index contributed by atoms with van der Waals surface area (Å²) in [5.41, 5.74) is -0.179. The molecule has 132 valence electrons. The topological polar surface area (TPSA) is 93.7 Å². The number of carbonyl (C=O) groups excluding carboxylic acids is 3. The Kier molecular flexibility index (Phi) is 6.77. The second kappa shape index (κ2) is 8.14. The summed E-state index contributed by atoms with van der Waals surface area (Å²) in [5.74, 6) is -1.08. The van der Waals surface area contributed by atoms with Gasteiger partial charge in [-0.2, -0.15) is 0 Å². The highest BCUT2D eigenvalue weighted by Crippen LogP contribution is 2.22. The number of benzene rings is 1. The van der Waals surface area contributed by atoms with E-state index in [2.05, 4.69) is 26.6 Å². The summed E-state index contributed by atoms with van der Waals surface area (Å²) < 4.78 is 10.5. The lowest BCUT2D eigenvalue weighted by molar-refractivity contribution is -0.117. The number of halogens is 1. The van der Waals surface area contributed by atoms with Crippen LogP contribution in [0.1, 0.15) is 38.1 Å². The number of amides is 2. The quantitative estimate of drug-likeness (QED) is 0.757. The molecule has 1 unspecified atom stereocenters. The summed E-state index contributed by atoms with van der Waals surface area (Å²) in [4.78, 5) is 35.7. The number of carbonyl (C=O) groups is 3. The highest BCUT2D eigenvalue weighted by Gasteiger charge is 2.22. The second-order valence-corrected chi connectivity index (χ2v) is 6.95. The van der Waals surface area contributed by atoms with Crippen molar-refractivity contribution in [3.63, 3.8) is 0 Å². The predicted molar refractivity (Wildman–Crippen MR) is 92.9 cm³/mol. The van der Waals surface area contributed by atoms with Crippen molar-refractivity contribution in [2.45, 2.75) is 39.3 Å². The molecule has 0 spiro atoms. The molecule has 0 aliphatic carbocycles. The Morgan fingerprint density at radius 1 is 1.21 bits per heavy atom. The van der Waals surface area contributed by atoms with E-state index in [9.17, 15) is 14.4 Å². The smallest absolute Gasteiger partial charge is 0.408 e. The summed E-state index contributed by atoms with van der Waals surface area (Å²) in [5, 5.41) is 5.02. The van der Waals surface area contributed by atoms with E-state index in [-0.39, 0.29) is 11.3 Å². The minimum atomic E-state index is -0.853. The van der Waals surface area contributed by atoms with Gasteiger partial charge in [0.05, 0.1) is 18.4 Å². The molecule has 24 heavy (non-hydrogen) atoms. The van der Waals surface area contributed by atoms with Crippen LogP contribution in [0.15, 0.2) is 22.7 Å². The highest BCUT2D eigenvalue weighted by molar-refractivity contribution is 9.10. The monoisotopic (exact) mass is 400 g/mol. The van der Waals surface area contributed by atoms with E-state index in [1.54, 1.807) is 32.9 Å². The largest absolute Gasteiger partial charge is 0.465 e. The first kappa shape index (κ1) is 20.0. The molecule has 0 aliphatic rings. The van der Waals surface area contributed by atoms with Crippen LogP contribution in [0.25, 0.3) is 0 Å². The van der Waals surface area contributed by atoms with Gasteiger partial charge in [0.25, 0.3) is 0 Å². The van der Waals surface area contributed by atoms with Crippen LogP contribution in [-0.2, 0) is 14.3 Å². The third kappa shape index (κ3) is 6.19. The van der Waals surface area contributed by atoms with Gasteiger partial charge in [-0.05, 0) is 45.9 Å². The van der Waals surface area contributed by atoms with Crippen molar-refractivity contribution < 1.29 is 23.9 Å². The van der Waals surface area contributed by atoms with Crippen molar-refractivity contribution in [1.82, 2.24) is 5.32 Å². The van der Waals surface area contributed by atoms with Crippen LogP contribution < -0.4 is 10.6 Å². The van der Waals surface area contributed by atoms with E-state index in [1.807, 2.05) is 0 Å². The molecule has 0 saturated heterocycles. The van der Waals surface area contributed by atoms with Crippen LogP contribution in [0.5, 0.6) is 0 Å². The fourth-order valence-corrected chi connectivity index (χ4v) is 2.06. The van der Waals surface area contributed by atoms with Crippen molar-refractivity contribution in [2.75, 3.05) is 12.4 Å². The maximum Gasteiger partial charge on any atom is 0.408 e. The number of hydrogen-bond acceptors (Lipinski definition) is 5. The Bertz CT molecular complexity index is 640. The van der Waals surface area contributed by atoms with Crippen LogP contribution in [0, 0.1) is 0 Å². The fourth-order valence-electron chi connectivity index (χ4n) is 1.70. The predicted octanol–water partition coefficient (Wildman–Crippen LogP) is 3.09. The van der Waals surface area contributed by atoms with Crippen molar-refractivity contribution in [3.8, 4) is 0 Å². The molecular formula is C16H21BrN2O5. The SMILES string of the molecule is COC(=O)c1cc(Br)ccc1NC(=O)C(C)NC(=O)OC(C)(C)C. The highest BCUT2D eigenvalue weighted by atomic mass is 79.9. The maximum absolute atomic E-state index is 12.2. The van der Waals surface area contributed by atoms with Crippen LogP contribution in [0.3, 0.4) is 0 Å². The van der Waals surface area contributed by atoms with Gasteiger partial charge in [0.1, 0.15) is 11.6 Å². The molecule has 0 aromatic heterocycles. The van der Waals surface area contributed by atoms with Crippen LogP contribution in [-0.4, -0.2) is 36.7 Å². The molecule has 0 bridgehead atoms. The second-order valence-electron chi connectivity index (χ2n) is 6.04. The summed E-state index contributed by atoms with van der Waals surface area (Å²) in [6.07, 6.45) is -0.700. The van der Waals surface area contributed by atoms with Gasteiger partial charge < -0.3 is 20.1 Å². The lowest BCUT2D eigenvalue weighted by Gasteiger charge is -2.22. The molecule has 0 aliphatic heterocycles. The van der Waals surface area contributed by atoms with Crippen LogP contribution in [0.2, 0.25) is 0 Å². The Balaban J connectivity index is 2.81. The molecule has 0 radical (unpaired) electrons. The van der Waals surface area contributed by atoms with E-state index >= 15 is 0 Å². The zero-order valence-electron chi connectivity index (χ0n) is 14.2. The average Bonchev–Trinajstić information content (AvgIpc) is 2.45. The first-order chi connectivity index (χ1) is 11.0. The number of rotatable bonds is 4. The minimum Gasteiger partial charge on any atom is -0.465 e. The molecule has 0 heterocycles. The summed E-state index contributed by atoms with van der Waals surface area (Å²) in [6.45, 7) is 6.68. The van der Waals surface area contributed by atoms with Gasteiger partial charge in [-0.3, -0.25) is 4.79 Å². The molecule has 7 nitrogen and oxygen atoms in total. The number of methoxy groups -OCH3 is 1. The fraction of sp³-hybridized carbons (Fsp3) is 0.438. The standard InChI is InChI=1S/C16H21BrN2O5/c1-9(18-15(22)24-16(2,3)4)13(20)19-12-7-6-10(17)8-11(12)14(21)23-5/h6-9H,1-5H3,(H,18,22)(H,19,20). The van der Waals surface area contributed by atoms with Crippen molar-refractivity contribution in [3.05, 3.63) is 28.2 Å². The first-order valence-electron chi connectivity index (χ1n) is 7.21. The average molecular weight is 401 g/mol. The molecule has 8 heteroatoms. The van der Waals surface area contributed by atoms with Gasteiger partial charge in [0, 0.05) is 4.47 Å². The first-order valence-corrected chi connectivity index (χ1v) is 8.01. The lowest BCUT2D eigenvalue weighted by Crippen LogP contribution is -2.44. The summed E-state index contributed by atoms with van der Waals surface area (Å²) >= 11 is 3.26. The van der Waals surface area contributed by atoms with Crippen LogP contribution in [0.4, 0.5) is 10.5 Å². The molecular weight excluding hydrogens is 380 g/mol. The number of ether oxygens (including phenoxy) is 2. The van der Waals surface area contributed by atoms with Crippen molar-refractivity contribution in [1.29, 1.82) is 0 Å². The van der Waals surface area contributed by atoms with Gasteiger partial charge >= 0.3 is 12.1 Å². The third-order valence-corrected chi connectivity index (χ3v) is 3.26.